The Hall–Kier alpha value is -1.13. The summed E-state index contributed by atoms with van der Waals surface area (Å²) in [4.78, 5) is 12.4. The first kappa shape index (κ1) is 55.9. The highest BCUT2D eigenvalue weighted by Gasteiger charge is 2.18. The van der Waals surface area contributed by atoms with E-state index >= 15 is 0 Å². The van der Waals surface area contributed by atoms with Crippen molar-refractivity contribution in [2.24, 2.45) is 0 Å². The summed E-state index contributed by atoms with van der Waals surface area (Å²) < 4.78 is 0. The topological polar surface area (TPSA) is 69.6 Å². The minimum absolute atomic E-state index is 0.0648. The van der Waals surface area contributed by atoms with Gasteiger partial charge in [-0.3, -0.25) is 4.79 Å². The number of allylic oxidation sites excluding steroid dienone is 3. The number of hydrogen-bond donors (Lipinski definition) is 3. The second-order valence-electron chi connectivity index (χ2n) is 17.9. The van der Waals surface area contributed by atoms with Gasteiger partial charge in [-0.1, -0.05) is 263 Å². The molecule has 0 fully saturated rings. The molecule has 0 radical (unpaired) electrons. The molecular formula is C53H103NO3. The lowest BCUT2D eigenvalue weighted by atomic mass is 10.0. The molecule has 0 aromatic rings. The van der Waals surface area contributed by atoms with Crippen molar-refractivity contribution < 1.29 is 15.0 Å². The number of carbonyl (C=O) groups is 1. The number of carbonyl (C=O) groups excluding carboxylic acids is 1. The Morgan fingerprint density at radius 2 is 0.667 bits per heavy atom. The Bertz CT molecular complexity index is 825. The molecule has 0 heterocycles. The summed E-state index contributed by atoms with van der Waals surface area (Å²) in [6.45, 7) is 4.33. The van der Waals surface area contributed by atoms with E-state index in [2.05, 4.69) is 31.3 Å². The zero-order valence-electron chi connectivity index (χ0n) is 38.9. The van der Waals surface area contributed by atoms with Crippen LogP contribution in [0.2, 0.25) is 0 Å². The maximum atomic E-state index is 12.4. The molecule has 0 aromatic heterocycles. The van der Waals surface area contributed by atoms with E-state index in [-0.39, 0.29) is 12.5 Å². The molecule has 3 N–H and O–H groups in total. The quantitative estimate of drug-likeness (QED) is 0.0424. The number of amides is 1. The van der Waals surface area contributed by atoms with E-state index in [9.17, 15) is 15.0 Å². The molecule has 0 rings (SSSR count). The fourth-order valence-corrected chi connectivity index (χ4v) is 8.18. The van der Waals surface area contributed by atoms with Gasteiger partial charge in [-0.25, -0.2) is 0 Å². The predicted octanol–water partition coefficient (Wildman–Crippen LogP) is 16.8. The summed E-state index contributed by atoms with van der Waals surface area (Å²) in [7, 11) is 0. The summed E-state index contributed by atoms with van der Waals surface area (Å²) >= 11 is 0. The van der Waals surface area contributed by atoms with E-state index in [1.165, 1.54) is 244 Å². The van der Waals surface area contributed by atoms with Crippen LogP contribution in [0.3, 0.4) is 0 Å². The first-order valence-corrected chi connectivity index (χ1v) is 26.1. The molecular weight excluding hydrogens is 699 g/mol. The van der Waals surface area contributed by atoms with E-state index in [0.717, 1.165) is 25.7 Å². The van der Waals surface area contributed by atoms with E-state index in [0.29, 0.717) is 6.42 Å². The summed E-state index contributed by atoms with van der Waals surface area (Å²) in [5, 5.41) is 23.1. The Kier molecular flexibility index (Phi) is 48.3. The molecule has 0 aliphatic rings. The fraction of sp³-hybridized carbons (Fsp3) is 0.906. The minimum Gasteiger partial charge on any atom is -0.394 e. The molecule has 1 amide bonds. The Morgan fingerprint density at radius 1 is 0.404 bits per heavy atom. The van der Waals surface area contributed by atoms with Crippen LogP contribution in [0.4, 0.5) is 0 Å². The molecule has 4 nitrogen and oxygen atoms in total. The highest BCUT2D eigenvalue weighted by molar-refractivity contribution is 5.76. The lowest BCUT2D eigenvalue weighted by Crippen LogP contribution is -2.45. The SMILES string of the molecule is CCCCCCCCC/C=C\CCCCCCCCCC(=O)NC(CO)C(O)/C=C/CCCCCCCCCCCCCCCCCCCCCCCCCCC. The number of aliphatic hydroxyl groups is 2. The van der Waals surface area contributed by atoms with Gasteiger partial charge in [0, 0.05) is 6.42 Å². The van der Waals surface area contributed by atoms with Crippen LogP contribution in [0, 0.1) is 0 Å². The number of nitrogens with one attached hydrogen (secondary N) is 1. The molecule has 338 valence electrons. The summed E-state index contributed by atoms with van der Waals surface area (Å²) in [5.74, 6) is -0.0648. The van der Waals surface area contributed by atoms with Gasteiger partial charge in [0.2, 0.25) is 5.91 Å². The van der Waals surface area contributed by atoms with Gasteiger partial charge >= 0.3 is 0 Å². The molecule has 0 aromatic carbocycles. The maximum Gasteiger partial charge on any atom is 0.220 e. The van der Waals surface area contributed by atoms with Crippen molar-refractivity contribution in [3.05, 3.63) is 24.3 Å². The molecule has 4 heteroatoms. The zero-order valence-corrected chi connectivity index (χ0v) is 38.9. The van der Waals surface area contributed by atoms with E-state index in [4.69, 9.17) is 0 Å². The average molecular weight is 802 g/mol. The van der Waals surface area contributed by atoms with Crippen LogP contribution in [-0.4, -0.2) is 34.9 Å². The van der Waals surface area contributed by atoms with E-state index < -0.39 is 12.1 Å². The van der Waals surface area contributed by atoms with Crippen LogP contribution in [0.25, 0.3) is 0 Å². The lowest BCUT2D eigenvalue weighted by Gasteiger charge is -2.20. The number of unbranched alkanes of at least 4 members (excludes halogenated alkanes) is 39. The molecule has 0 bridgehead atoms. The summed E-state index contributed by atoms with van der Waals surface area (Å²) in [6, 6.07) is -0.623. The first-order valence-electron chi connectivity index (χ1n) is 26.1. The largest absolute Gasteiger partial charge is 0.394 e. The van der Waals surface area contributed by atoms with Gasteiger partial charge < -0.3 is 15.5 Å². The second kappa shape index (κ2) is 49.2. The molecule has 0 saturated heterocycles. The summed E-state index contributed by atoms with van der Waals surface area (Å²) in [6.07, 6.45) is 64.6. The van der Waals surface area contributed by atoms with Crippen LogP contribution in [0.5, 0.6) is 0 Å². The normalized spacial score (nSPS) is 13.0. The van der Waals surface area contributed by atoms with Crippen molar-refractivity contribution in [2.45, 2.75) is 302 Å². The van der Waals surface area contributed by atoms with E-state index in [1.807, 2.05) is 6.08 Å². The third-order valence-corrected chi connectivity index (χ3v) is 12.2. The number of hydrogen-bond acceptors (Lipinski definition) is 3. The second-order valence-corrected chi connectivity index (χ2v) is 17.9. The number of aliphatic hydroxyl groups excluding tert-OH is 2. The van der Waals surface area contributed by atoms with Crippen LogP contribution in [0.1, 0.15) is 290 Å². The van der Waals surface area contributed by atoms with Crippen LogP contribution >= 0.6 is 0 Å². The zero-order chi connectivity index (χ0) is 41.4. The van der Waals surface area contributed by atoms with Crippen molar-refractivity contribution in [1.29, 1.82) is 0 Å². The number of rotatable bonds is 48. The van der Waals surface area contributed by atoms with Crippen molar-refractivity contribution in [3.8, 4) is 0 Å². The van der Waals surface area contributed by atoms with Crippen molar-refractivity contribution in [1.82, 2.24) is 5.32 Å². The van der Waals surface area contributed by atoms with Gasteiger partial charge in [0.15, 0.2) is 0 Å². The first-order chi connectivity index (χ1) is 28.2. The van der Waals surface area contributed by atoms with Crippen LogP contribution in [-0.2, 0) is 4.79 Å². The van der Waals surface area contributed by atoms with Gasteiger partial charge in [0.05, 0.1) is 18.8 Å². The third-order valence-electron chi connectivity index (χ3n) is 12.2. The van der Waals surface area contributed by atoms with Gasteiger partial charge in [-0.15, -0.1) is 0 Å². The smallest absolute Gasteiger partial charge is 0.220 e. The average Bonchev–Trinajstić information content (AvgIpc) is 3.22. The highest BCUT2D eigenvalue weighted by Crippen LogP contribution is 2.17. The standard InChI is InChI=1S/C53H103NO3/c1-3-5-7-9-11-13-15-17-19-21-23-24-25-26-27-28-29-30-31-32-34-36-38-40-42-44-46-48-52(56)51(50-55)54-53(57)49-47-45-43-41-39-37-35-33-22-20-18-16-14-12-10-8-6-4-2/h20,22,46,48,51-52,55-56H,3-19,21,23-45,47,49-50H2,1-2H3,(H,54,57)/b22-20-,48-46+. The summed E-state index contributed by atoms with van der Waals surface area (Å²) in [5.41, 5.74) is 0. The van der Waals surface area contributed by atoms with Crippen molar-refractivity contribution in [3.63, 3.8) is 0 Å². The highest BCUT2D eigenvalue weighted by atomic mass is 16.3. The molecule has 0 aliphatic heterocycles. The fourth-order valence-electron chi connectivity index (χ4n) is 8.18. The predicted molar refractivity (Wildman–Crippen MR) is 253 cm³/mol. The van der Waals surface area contributed by atoms with Crippen molar-refractivity contribution in [2.75, 3.05) is 6.61 Å². The minimum atomic E-state index is -0.840. The third kappa shape index (κ3) is 45.8. The Labute approximate surface area is 358 Å². The molecule has 57 heavy (non-hydrogen) atoms. The van der Waals surface area contributed by atoms with Crippen LogP contribution < -0.4 is 5.32 Å². The van der Waals surface area contributed by atoms with Crippen LogP contribution in [0.15, 0.2) is 24.3 Å². The molecule has 0 spiro atoms. The Morgan fingerprint density at radius 3 is 0.965 bits per heavy atom. The van der Waals surface area contributed by atoms with Gasteiger partial charge in [0.25, 0.3) is 0 Å². The molecule has 0 saturated carbocycles. The van der Waals surface area contributed by atoms with Gasteiger partial charge in [-0.2, -0.15) is 0 Å². The monoisotopic (exact) mass is 802 g/mol. The molecule has 2 atom stereocenters. The lowest BCUT2D eigenvalue weighted by molar-refractivity contribution is -0.123. The van der Waals surface area contributed by atoms with Gasteiger partial charge in [0.1, 0.15) is 0 Å². The molecule has 0 aliphatic carbocycles. The maximum absolute atomic E-state index is 12.4. The van der Waals surface area contributed by atoms with Crippen molar-refractivity contribution >= 4 is 5.91 Å². The van der Waals surface area contributed by atoms with Gasteiger partial charge in [-0.05, 0) is 44.9 Å². The Balaban J connectivity index is 3.48. The molecule has 2 unspecified atom stereocenters. The van der Waals surface area contributed by atoms with E-state index in [1.54, 1.807) is 6.08 Å².